The van der Waals surface area contributed by atoms with Crippen LogP contribution in [0.15, 0.2) is 0 Å². The summed E-state index contributed by atoms with van der Waals surface area (Å²) in [5.41, 5.74) is 0.142. The second kappa shape index (κ2) is 4.92. The zero-order chi connectivity index (χ0) is 13.2. The summed E-state index contributed by atoms with van der Waals surface area (Å²) in [6.45, 7) is 8.61. The van der Waals surface area contributed by atoms with Gasteiger partial charge in [0.15, 0.2) is 0 Å². The molecular weight excluding hydrogens is 225 g/mol. The van der Waals surface area contributed by atoms with Gasteiger partial charge in [0.05, 0.1) is 11.1 Å². The standard InChI is InChI=1S/C9H19NO.BF4/c1-8(2)6-5-7-9(3,4)10(8)11;2-1(3,4)5/h11H,5-7H2,1-4H3;/q;-1/p+1. The van der Waals surface area contributed by atoms with Crippen LogP contribution in [-0.2, 0) is 0 Å². The number of piperidine rings is 1. The highest BCUT2D eigenvalue weighted by Gasteiger charge is 2.44. The van der Waals surface area contributed by atoms with Gasteiger partial charge in [0.1, 0.15) is 0 Å². The van der Waals surface area contributed by atoms with Crippen molar-refractivity contribution in [2.24, 2.45) is 0 Å². The molecule has 0 spiro atoms. The maximum Gasteiger partial charge on any atom is 0.673 e. The van der Waals surface area contributed by atoms with Crippen LogP contribution in [0.25, 0.3) is 0 Å². The molecule has 0 aliphatic carbocycles. The molecule has 1 fully saturated rings. The van der Waals surface area contributed by atoms with Crippen molar-refractivity contribution in [1.29, 1.82) is 0 Å². The van der Waals surface area contributed by atoms with Crippen LogP contribution in [0.1, 0.15) is 47.0 Å². The molecule has 1 saturated heterocycles. The van der Waals surface area contributed by atoms with E-state index in [1.54, 1.807) is 5.06 Å². The van der Waals surface area contributed by atoms with Gasteiger partial charge in [-0.15, -0.1) is 0 Å². The fraction of sp³-hybridized carbons (Fsp3) is 1.00. The van der Waals surface area contributed by atoms with Crippen LogP contribution in [0, 0.1) is 0 Å². The molecule has 0 aromatic carbocycles. The highest BCUT2D eigenvalue weighted by molar-refractivity contribution is 6.50. The maximum absolute atomic E-state index is 9.75. The number of hydrogen-bond donors (Lipinski definition) is 0. The van der Waals surface area contributed by atoms with Crippen LogP contribution in [0.4, 0.5) is 17.3 Å². The number of nitrogens with zero attached hydrogens (tertiary/aromatic N) is 1. The van der Waals surface area contributed by atoms with E-state index in [1.807, 2.05) is 0 Å². The van der Waals surface area contributed by atoms with Crippen molar-refractivity contribution in [2.45, 2.75) is 58.0 Å². The van der Waals surface area contributed by atoms with Gasteiger partial charge >= 0.3 is 7.25 Å². The molecule has 16 heavy (non-hydrogen) atoms. The summed E-state index contributed by atoms with van der Waals surface area (Å²) < 4.78 is 39.0. The lowest BCUT2D eigenvalue weighted by molar-refractivity contribution is -0.241. The van der Waals surface area contributed by atoms with Gasteiger partial charge < -0.3 is 22.5 Å². The highest BCUT2D eigenvalue weighted by Crippen LogP contribution is 2.35. The Morgan fingerprint density at radius 2 is 1.19 bits per heavy atom. The van der Waals surface area contributed by atoms with Gasteiger partial charge in [0.25, 0.3) is 0 Å². The van der Waals surface area contributed by atoms with E-state index in [1.165, 1.54) is 6.42 Å². The minimum absolute atomic E-state index is 0.0712. The van der Waals surface area contributed by atoms with E-state index in [4.69, 9.17) is 5.21 Å². The second-order valence-electron chi connectivity index (χ2n) is 5.31. The Hall–Kier alpha value is -0.295. The molecule has 0 saturated carbocycles. The number of hydrogen-bond acceptors (Lipinski definition) is 1. The van der Waals surface area contributed by atoms with Crippen molar-refractivity contribution in [2.75, 3.05) is 0 Å². The van der Waals surface area contributed by atoms with Gasteiger partial charge in [-0.25, -0.2) is 0 Å². The Morgan fingerprint density at radius 1 is 0.938 bits per heavy atom. The SMILES string of the molecule is CC1(C)CCCC(C)(C)N1[OH2+].F[B-](F)(F)F. The van der Waals surface area contributed by atoms with Crippen molar-refractivity contribution in [3.8, 4) is 0 Å². The molecule has 0 aromatic heterocycles. The minimum Gasteiger partial charge on any atom is -0.418 e. The van der Waals surface area contributed by atoms with E-state index in [0.717, 1.165) is 12.8 Å². The molecule has 1 aliphatic heterocycles. The van der Waals surface area contributed by atoms with E-state index >= 15 is 0 Å². The summed E-state index contributed by atoms with van der Waals surface area (Å²) >= 11 is 0. The molecule has 0 atom stereocenters. The zero-order valence-electron chi connectivity index (χ0n) is 10.2. The smallest absolute Gasteiger partial charge is 0.418 e. The lowest BCUT2D eigenvalue weighted by Gasteiger charge is -2.44. The molecule has 0 aromatic rings. The zero-order valence-corrected chi connectivity index (χ0v) is 10.2. The Labute approximate surface area is 93.7 Å². The fourth-order valence-electron chi connectivity index (χ4n) is 2.00. The van der Waals surface area contributed by atoms with Crippen molar-refractivity contribution in [3.63, 3.8) is 0 Å². The summed E-state index contributed by atoms with van der Waals surface area (Å²) in [6, 6.07) is 0. The first kappa shape index (κ1) is 15.7. The van der Waals surface area contributed by atoms with Crippen LogP contribution >= 0.6 is 0 Å². The Kier molecular flexibility index (Phi) is 4.82. The van der Waals surface area contributed by atoms with Crippen LogP contribution in [0.2, 0.25) is 0 Å². The van der Waals surface area contributed by atoms with Crippen LogP contribution in [-0.4, -0.2) is 28.6 Å². The first-order chi connectivity index (χ1) is 6.86. The van der Waals surface area contributed by atoms with E-state index in [9.17, 15) is 17.3 Å². The van der Waals surface area contributed by atoms with Gasteiger partial charge in [-0.1, -0.05) is 5.06 Å². The number of hydroxylamine groups is 2. The second-order valence-corrected chi connectivity index (χ2v) is 5.31. The van der Waals surface area contributed by atoms with Gasteiger partial charge in [-0.3, -0.25) is 0 Å². The Balaban J connectivity index is 0.000000385. The normalized spacial score (nSPS) is 24.6. The molecule has 1 heterocycles. The minimum atomic E-state index is -6.00. The molecule has 98 valence electrons. The quantitative estimate of drug-likeness (QED) is 0.366. The van der Waals surface area contributed by atoms with Crippen molar-refractivity contribution in [3.05, 3.63) is 0 Å². The molecule has 7 heteroatoms. The summed E-state index contributed by atoms with van der Waals surface area (Å²) in [5, 5.41) is 9.68. The predicted octanol–water partition coefficient (Wildman–Crippen LogP) is 2.97. The maximum atomic E-state index is 9.75. The first-order valence-corrected chi connectivity index (χ1v) is 5.25. The largest absolute Gasteiger partial charge is 0.673 e. The lowest BCUT2D eigenvalue weighted by atomic mass is 9.82. The van der Waals surface area contributed by atoms with Gasteiger partial charge in [-0.2, -0.15) is 0 Å². The molecule has 2 N–H and O–H groups in total. The molecule has 2 nitrogen and oxygen atoms in total. The molecule has 0 unspecified atom stereocenters. The molecule has 1 aliphatic rings. The third-order valence-electron chi connectivity index (χ3n) is 2.79. The lowest BCUT2D eigenvalue weighted by Crippen LogP contribution is -2.56. The Bertz CT molecular complexity index is 208. The summed E-state index contributed by atoms with van der Waals surface area (Å²) in [7, 11) is -6.00. The molecule has 1 rings (SSSR count). The first-order valence-electron chi connectivity index (χ1n) is 5.25. The number of rotatable bonds is 0. The highest BCUT2D eigenvalue weighted by atomic mass is 19.5. The molecule has 0 radical (unpaired) electrons. The van der Waals surface area contributed by atoms with E-state index in [-0.39, 0.29) is 11.1 Å². The van der Waals surface area contributed by atoms with E-state index in [0.29, 0.717) is 0 Å². The van der Waals surface area contributed by atoms with Crippen LogP contribution in [0.3, 0.4) is 0 Å². The summed E-state index contributed by atoms with van der Waals surface area (Å²) in [5.74, 6) is 0. The topological polar surface area (TPSA) is 26.1 Å². The van der Waals surface area contributed by atoms with Crippen molar-refractivity contribution in [1.82, 2.24) is 5.06 Å². The number of halogens is 4. The van der Waals surface area contributed by atoms with Crippen molar-refractivity contribution >= 4 is 7.25 Å². The predicted molar refractivity (Wildman–Crippen MR) is 57.6 cm³/mol. The van der Waals surface area contributed by atoms with E-state index < -0.39 is 7.25 Å². The Morgan fingerprint density at radius 3 is 1.38 bits per heavy atom. The average Bonchev–Trinajstić information content (AvgIpc) is 1.96. The fourth-order valence-corrected chi connectivity index (χ4v) is 2.00. The molecular formula is C9H20BF4NO. The van der Waals surface area contributed by atoms with Crippen LogP contribution < -0.4 is 0 Å². The third-order valence-corrected chi connectivity index (χ3v) is 2.79. The summed E-state index contributed by atoms with van der Waals surface area (Å²) in [4.78, 5) is 0. The molecule has 0 bridgehead atoms. The average molecular weight is 245 g/mol. The van der Waals surface area contributed by atoms with E-state index in [2.05, 4.69) is 27.7 Å². The van der Waals surface area contributed by atoms with Crippen molar-refractivity contribution < 1.29 is 22.5 Å². The van der Waals surface area contributed by atoms with Gasteiger partial charge in [0.2, 0.25) is 0 Å². The summed E-state index contributed by atoms with van der Waals surface area (Å²) in [6.07, 6.45) is 3.56. The van der Waals surface area contributed by atoms with Gasteiger partial charge in [0, 0.05) is 0 Å². The third kappa shape index (κ3) is 5.70. The van der Waals surface area contributed by atoms with Gasteiger partial charge in [-0.05, 0) is 47.0 Å². The molecule has 0 amide bonds. The van der Waals surface area contributed by atoms with Crippen LogP contribution in [0.5, 0.6) is 0 Å². The monoisotopic (exact) mass is 245 g/mol.